The van der Waals surface area contributed by atoms with Crippen molar-refractivity contribution in [1.29, 1.82) is 0 Å². The normalized spacial score (nSPS) is 21.4. The number of rotatable bonds is 4. The van der Waals surface area contributed by atoms with E-state index in [4.69, 9.17) is 9.47 Å². The van der Waals surface area contributed by atoms with Crippen molar-refractivity contribution in [2.75, 3.05) is 6.61 Å². The number of carbonyl (C=O) groups is 2. The number of nitrogens with zero attached hydrogens (tertiary/aromatic N) is 1. The minimum absolute atomic E-state index is 0.184. The third-order valence-electron chi connectivity index (χ3n) is 4.46. The molecule has 1 aliphatic rings. The van der Waals surface area contributed by atoms with Gasteiger partial charge in [-0.2, -0.15) is 0 Å². The van der Waals surface area contributed by atoms with Gasteiger partial charge in [0, 0.05) is 5.56 Å². The SMILES string of the molecule is CCOC(=O)[C@@H]1OC(C)(C)N(C(=O)c2ccccc2)C1c1ccccc1. The van der Waals surface area contributed by atoms with E-state index in [1.807, 2.05) is 48.5 Å². The molecule has 26 heavy (non-hydrogen) atoms. The highest BCUT2D eigenvalue weighted by Crippen LogP contribution is 2.43. The van der Waals surface area contributed by atoms with Crippen molar-refractivity contribution in [3.8, 4) is 0 Å². The van der Waals surface area contributed by atoms with Gasteiger partial charge in [0.05, 0.1) is 12.6 Å². The molecule has 0 aliphatic carbocycles. The largest absolute Gasteiger partial charge is 0.464 e. The summed E-state index contributed by atoms with van der Waals surface area (Å²) in [6.45, 7) is 5.60. The smallest absolute Gasteiger partial charge is 0.337 e. The first-order valence-corrected chi connectivity index (χ1v) is 8.74. The van der Waals surface area contributed by atoms with Crippen LogP contribution in [0.15, 0.2) is 60.7 Å². The lowest BCUT2D eigenvalue weighted by Crippen LogP contribution is -2.45. The Labute approximate surface area is 153 Å². The third kappa shape index (κ3) is 3.35. The second-order valence-electron chi connectivity index (χ2n) is 6.63. The Bertz CT molecular complexity index is 773. The first kappa shape index (κ1) is 18.1. The summed E-state index contributed by atoms with van der Waals surface area (Å²) in [4.78, 5) is 27.4. The fourth-order valence-electron chi connectivity index (χ4n) is 3.37. The van der Waals surface area contributed by atoms with Gasteiger partial charge in [-0.3, -0.25) is 4.79 Å². The number of hydrogen-bond acceptors (Lipinski definition) is 4. The Morgan fingerprint density at radius 1 is 1.04 bits per heavy atom. The first-order valence-electron chi connectivity index (χ1n) is 8.74. The van der Waals surface area contributed by atoms with E-state index < -0.39 is 23.8 Å². The maximum Gasteiger partial charge on any atom is 0.337 e. The van der Waals surface area contributed by atoms with Crippen LogP contribution in [-0.4, -0.2) is 35.2 Å². The Morgan fingerprint density at radius 2 is 1.62 bits per heavy atom. The summed E-state index contributed by atoms with van der Waals surface area (Å²) in [5.74, 6) is -0.644. The molecule has 1 amide bonds. The fraction of sp³-hybridized carbons (Fsp3) is 0.333. The lowest BCUT2D eigenvalue weighted by molar-refractivity contribution is -0.160. The van der Waals surface area contributed by atoms with Crippen LogP contribution in [0.4, 0.5) is 0 Å². The van der Waals surface area contributed by atoms with Crippen LogP contribution in [0.3, 0.4) is 0 Å². The molecule has 3 rings (SSSR count). The quantitative estimate of drug-likeness (QED) is 0.789. The van der Waals surface area contributed by atoms with Crippen molar-refractivity contribution in [2.45, 2.75) is 38.6 Å². The summed E-state index contributed by atoms with van der Waals surface area (Å²) >= 11 is 0. The second-order valence-corrected chi connectivity index (χ2v) is 6.63. The topological polar surface area (TPSA) is 55.8 Å². The Morgan fingerprint density at radius 3 is 2.19 bits per heavy atom. The van der Waals surface area contributed by atoms with Gasteiger partial charge in [-0.15, -0.1) is 0 Å². The summed E-state index contributed by atoms with van der Waals surface area (Å²) in [7, 11) is 0. The van der Waals surface area contributed by atoms with Crippen LogP contribution in [0.2, 0.25) is 0 Å². The molecule has 1 unspecified atom stereocenters. The highest BCUT2D eigenvalue weighted by atomic mass is 16.6. The number of carbonyl (C=O) groups excluding carboxylic acids is 2. The van der Waals surface area contributed by atoms with Gasteiger partial charge in [-0.25, -0.2) is 4.79 Å². The molecule has 0 radical (unpaired) electrons. The molecular weight excluding hydrogens is 330 g/mol. The molecule has 1 aliphatic heterocycles. The highest BCUT2D eigenvalue weighted by Gasteiger charge is 2.53. The zero-order chi connectivity index (χ0) is 18.7. The van der Waals surface area contributed by atoms with Gasteiger partial charge in [0.1, 0.15) is 5.72 Å². The molecule has 1 saturated heterocycles. The zero-order valence-corrected chi connectivity index (χ0v) is 15.2. The summed E-state index contributed by atoms with van der Waals surface area (Å²) in [5.41, 5.74) is 0.431. The van der Waals surface area contributed by atoms with E-state index in [2.05, 4.69) is 0 Å². The van der Waals surface area contributed by atoms with Gasteiger partial charge < -0.3 is 14.4 Å². The lowest BCUT2D eigenvalue weighted by atomic mass is 9.98. The molecule has 136 valence electrons. The molecule has 2 atom stereocenters. The van der Waals surface area contributed by atoms with Crippen LogP contribution >= 0.6 is 0 Å². The standard InChI is InChI=1S/C21H23NO4/c1-4-25-20(24)18-17(15-11-7-5-8-12-15)22(21(2,3)26-18)19(23)16-13-9-6-10-14-16/h5-14,17-18H,4H2,1-3H3/t17?,18-/m1/s1. The molecule has 0 aromatic heterocycles. The van der Waals surface area contributed by atoms with Crippen LogP contribution in [-0.2, 0) is 14.3 Å². The number of esters is 1. The van der Waals surface area contributed by atoms with E-state index in [-0.39, 0.29) is 12.5 Å². The predicted octanol–water partition coefficient (Wildman–Crippen LogP) is 3.57. The predicted molar refractivity (Wildman–Crippen MR) is 97.4 cm³/mol. The number of ether oxygens (including phenoxy) is 2. The monoisotopic (exact) mass is 353 g/mol. The molecule has 5 heteroatoms. The minimum atomic E-state index is -0.954. The lowest BCUT2D eigenvalue weighted by Gasteiger charge is -2.34. The van der Waals surface area contributed by atoms with Crippen molar-refractivity contribution in [2.24, 2.45) is 0 Å². The van der Waals surface area contributed by atoms with Crippen molar-refractivity contribution in [3.63, 3.8) is 0 Å². The average molecular weight is 353 g/mol. The van der Waals surface area contributed by atoms with Crippen molar-refractivity contribution >= 4 is 11.9 Å². The summed E-state index contributed by atoms with van der Waals surface area (Å²) in [6, 6.07) is 17.9. The molecular formula is C21H23NO4. The van der Waals surface area contributed by atoms with Gasteiger partial charge in [0.25, 0.3) is 5.91 Å². The van der Waals surface area contributed by atoms with Gasteiger partial charge in [0.15, 0.2) is 6.10 Å². The Balaban J connectivity index is 2.06. The van der Waals surface area contributed by atoms with E-state index in [9.17, 15) is 9.59 Å². The second kappa shape index (κ2) is 7.30. The minimum Gasteiger partial charge on any atom is -0.464 e. The molecule has 0 bridgehead atoms. The van der Waals surface area contributed by atoms with Crippen LogP contribution in [0.1, 0.15) is 42.7 Å². The number of benzene rings is 2. The van der Waals surface area contributed by atoms with E-state index in [1.165, 1.54) is 0 Å². The Hall–Kier alpha value is -2.66. The van der Waals surface area contributed by atoms with Gasteiger partial charge in [-0.1, -0.05) is 48.5 Å². The van der Waals surface area contributed by atoms with Crippen LogP contribution < -0.4 is 0 Å². The van der Waals surface area contributed by atoms with E-state index in [0.717, 1.165) is 5.56 Å². The average Bonchev–Trinajstić information content (AvgIpc) is 2.94. The van der Waals surface area contributed by atoms with Gasteiger partial charge in [-0.05, 0) is 38.5 Å². The van der Waals surface area contributed by atoms with Gasteiger partial charge in [0.2, 0.25) is 0 Å². The van der Waals surface area contributed by atoms with Crippen LogP contribution in [0, 0.1) is 0 Å². The van der Waals surface area contributed by atoms with Crippen molar-refractivity contribution in [1.82, 2.24) is 4.90 Å². The fourth-order valence-corrected chi connectivity index (χ4v) is 3.37. The molecule has 1 fully saturated rings. The van der Waals surface area contributed by atoms with Gasteiger partial charge >= 0.3 is 5.97 Å². The molecule has 0 spiro atoms. The summed E-state index contributed by atoms with van der Waals surface area (Å²) in [5, 5.41) is 0. The van der Waals surface area contributed by atoms with E-state index in [0.29, 0.717) is 5.56 Å². The number of amides is 1. The van der Waals surface area contributed by atoms with Crippen molar-refractivity contribution in [3.05, 3.63) is 71.8 Å². The maximum atomic E-state index is 13.3. The molecule has 5 nitrogen and oxygen atoms in total. The van der Waals surface area contributed by atoms with E-state index >= 15 is 0 Å². The molecule has 0 saturated carbocycles. The van der Waals surface area contributed by atoms with Crippen LogP contribution in [0.25, 0.3) is 0 Å². The van der Waals surface area contributed by atoms with E-state index in [1.54, 1.807) is 37.8 Å². The Kier molecular flexibility index (Phi) is 5.09. The summed E-state index contributed by atoms with van der Waals surface area (Å²) in [6.07, 6.45) is -0.875. The molecule has 1 heterocycles. The number of hydrogen-bond donors (Lipinski definition) is 0. The molecule has 0 N–H and O–H groups in total. The summed E-state index contributed by atoms with van der Waals surface area (Å²) < 4.78 is 11.2. The third-order valence-corrected chi connectivity index (χ3v) is 4.46. The molecule has 2 aromatic rings. The molecule has 2 aromatic carbocycles. The first-order chi connectivity index (χ1) is 12.5. The van der Waals surface area contributed by atoms with Crippen LogP contribution in [0.5, 0.6) is 0 Å². The maximum absolute atomic E-state index is 13.3. The zero-order valence-electron chi connectivity index (χ0n) is 15.2. The highest BCUT2D eigenvalue weighted by molar-refractivity contribution is 5.95. The van der Waals surface area contributed by atoms with Crippen molar-refractivity contribution < 1.29 is 19.1 Å².